The van der Waals surface area contributed by atoms with Crippen LogP contribution in [0.25, 0.3) is 0 Å². The first-order valence-corrected chi connectivity index (χ1v) is 7.25. The molecule has 8 nitrogen and oxygen atoms in total. The quantitative estimate of drug-likeness (QED) is 0.443. The van der Waals surface area contributed by atoms with Crippen molar-refractivity contribution >= 4 is 33.3 Å². The van der Waals surface area contributed by atoms with Crippen LogP contribution >= 0.6 is 11.6 Å². The SMILES string of the molecule is O=C(O)CCCNS(=O)(=O)c1ccc(Cl)c([N+](=O)[O-])c1. The van der Waals surface area contributed by atoms with Crippen molar-refractivity contribution in [2.45, 2.75) is 17.7 Å². The minimum absolute atomic E-state index is 0.0783. The molecule has 2 N–H and O–H groups in total. The highest BCUT2D eigenvalue weighted by molar-refractivity contribution is 7.89. The lowest BCUT2D eigenvalue weighted by molar-refractivity contribution is -0.384. The number of carboxylic acid groups (broad SMARTS) is 1. The second kappa shape index (κ2) is 6.64. The van der Waals surface area contributed by atoms with E-state index < -0.39 is 26.6 Å². The number of halogens is 1. The monoisotopic (exact) mass is 322 g/mol. The number of hydrogen-bond acceptors (Lipinski definition) is 5. The van der Waals surface area contributed by atoms with E-state index in [0.29, 0.717) is 0 Å². The Kier molecular flexibility index (Phi) is 5.43. The predicted molar refractivity (Wildman–Crippen MR) is 70.2 cm³/mol. The third kappa shape index (κ3) is 4.44. The van der Waals surface area contributed by atoms with E-state index in [1.165, 1.54) is 0 Å². The number of nitro benzene ring substituents is 1. The van der Waals surface area contributed by atoms with Crippen molar-refractivity contribution in [1.82, 2.24) is 4.72 Å². The summed E-state index contributed by atoms with van der Waals surface area (Å²) in [5, 5.41) is 18.9. The number of hydrogen-bond donors (Lipinski definition) is 2. The van der Waals surface area contributed by atoms with Crippen LogP contribution in [-0.2, 0) is 14.8 Å². The molecule has 0 bridgehead atoms. The number of nitro groups is 1. The van der Waals surface area contributed by atoms with Crippen molar-refractivity contribution in [3.05, 3.63) is 33.3 Å². The van der Waals surface area contributed by atoms with E-state index in [1.807, 2.05) is 0 Å². The number of rotatable bonds is 7. The summed E-state index contributed by atoms with van der Waals surface area (Å²) in [6.45, 7) is -0.0783. The van der Waals surface area contributed by atoms with E-state index in [4.69, 9.17) is 16.7 Å². The summed E-state index contributed by atoms with van der Waals surface area (Å²) in [5.74, 6) is -1.04. The molecule has 1 rings (SSSR count). The first-order valence-electron chi connectivity index (χ1n) is 5.39. The lowest BCUT2D eigenvalue weighted by Gasteiger charge is -2.06. The summed E-state index contributed by atoms with van der Waals surface area (Å²) >= 11 is 5.58. The largest absolute Gasteiger partial charge is 0.481 e. The van der Waals surface area contributed by atoms with E-state index in [2.05, 4.69) is 4.72 Å². The number of sulfonamides is 1. The maximum absolute atomic E-state index is 11.8. The fourth-order valence-electron chi connectivity index (χ4n) is 1.33. The molecule has 0 amide bonds. The van der Waals surface area contributed by atoms with E-state index in [9.17, 15) is 23.3 Å². The van der Waals surface area contributed by atoms with Crippen LogP contribution in [0.2, 0.25) is 5.02 Å². The maximum Gasteiger partial charge on any atom is 0.303 e. The van der Waals surface area contributed by atoms with Gasteiger partial charge in [-0.25, -0.2) is 13.1 Å². The van der Waals surface area contributed by atoms with Crippen LogP contribution in [0, 0.1) is 10.1 Å². The van der Waals surface area contributed by atoms with Gasteiger partial charge < -0.3 is 5.11 Å². The van der Waals surface area contributed by atoms with Crippen molar-refractivity contribution in [3.63, 3.8) is 0 Å². The maximum atomic E-state index is 11.8. The molecule has 0 saturated heterocycles. The third-order valence-corrected chi connectivity index (χ3v) is 4.06. The van der Waals surface area contributed by atoms with E-state index in [1.54, 1.807) is 0 Å². The highest BCUT2D eigenvalue weighted by Gasteiger charge is 2.20. The van der Waals surface area contributed by atoms with Gasteiger partial charge in [-0.2, -0.15) is 0 Å². The summed E-state index contributed by atoms with van der Waals surface area (Å²) in [4.78, 5) is 19.9. The normalized spacial score (nSPS) is 11.2. The van der Waals surface area contributed by atoms with Crippen molar-refractivity contribution in [2.24, 2.45) is 0 Å². The first kappa shape index (κ1) is 16.3. The Morgan fingerprint density at radius 1 is 1.45 bits per heavy atom. The minimum atomic E-state index is -3.94. The average Bonchev–Trinajstić information content (AvgIpc) is 2.34. The Morgan fingerprint density at radius 3 is 2.65 bits per heavy atom. The van der Waals surface area contributed by atoms with Crippen molar-refractivity contribution < 1.29 is 23.2 Å². The molecule has 0 unspecified atom stereocenters. The van der Waals surface area contributed by atoms with E-state index >= 15 is 0 Å². The molecule has 0 heterocycles. The van der Waals surface area contributed by atoms with Gasteiger partial charge in [0.2, 0.25) is 10.0 Å². The number of nitrogens with zero attached hydrogens (tertiary/aromatic N) is 1. The van der Waals surface area contributed by atoms with Crippen LogP contribution in [0.5, 0.6) is 0 Å². The van der Waals surface area contributed by atoms with Crippen LogP contribution in [0.3, 0.4) is 0 Å². The molecular formula is C10H11ClN2O6S. The molecule has 0 saturated carbocycles. The van der Waals surface area contributed by atoms with Gasteiger partial charge >= 0.3 is 5.97 Å². The van der Waals surface area contributed by atoms with Gasteiger partial charge in [-0.05, 0) is 18.6 Å². The molecule has 0 aliphatic heterocycles. The second-order valence-electron chi connectivity index (χ2n) is 3.77. The predicted octanol–water partition coefficient (Wildman–Crippen LogP) is 1.39. The molecule has 1 aromatic rings. The van der Waals surface area contributed by atoms with Gasteiger partial charge in [0, 0.05) is 19.0 Å². The zero-order valence-corrected chi connectivity index (χ0v) is 11.6. The molecule has 110 valence electrons. The highest BCUT2D eigenvalue weighted by atomic mass is 35.5. The molecular weight excluding hydrogens is 312 g/mol. The van der Waals surface area contributed by atoms with Crippen LogP contribution in [-0.4, -0.2) is 31.0 Å². The molecule has 0 radical (unpaired) electrons. The smallest absolute Gasteiger partial charge is 0.303 e. The van der Waals surface area contributed by atoms with Crippen molar-refractivity contribution in [3.8, 4) is 0 Å². The Balaban J connectivity index is 2.85. The van der Waals surface area contributed by atoms with E-state index in [-0.39, 0.29) is 29.3 Å². The molecule has 0 spiro atoms. The summed E-state index contributed by atoms with van der Waals surface area (Å²) in [7, 11) is -3.94. The molecule has 1 aromatic carbocycles. The number of nitrogens with one attached hydrogen (secondary N) is 1. The Hall–Kier alpha value is -1.71. The highest BCUT2D eigenvalue weighted by Crippen LogP contribution is 2.26. The van der Waals surface area contributed by atoms with Gasteiger partial charge in [0.15, 0.2) is 0 Å². The number of carboxylic acids is 1. The van der Waals surface area contributed by atoms with Gasteiger partial charge in [-0.3, -0.25) is 14.9 Å². The number of aliphatic carboxylic acids is 1. The topological polar surface area (TPSA) is 127 Å². The van der Waals surface area contributed by atoms with Gasteiger partial charge in [-0.1, -0.05) is 11.6 Å². The summed E-state index contributed by atoms with van der Waals surface area (Å²) in [5.41, 5.74) is -0.514. The first-order chi connectivity index (χ1) is 9.24. The fourth-order valence-corrected chi connectivity index (χ4v) is 2.61. The Labute approximate surface area is 119 Å². The summed E-state index contributed by atoms with van der Waals surface area (Å²) in [6.07, 6.45) is -0.0620. The Bertz CT molecular complexity index is 631. The lowest BCUT2D eigenvalue weighted by Crippen LogP contribution is -2.25. The van der Waals surface area contributed by atoms with Crippen LogP contribution in [0.1, 0.15) is 12.8 Å². The van der Waals surface area contributed by atoms with Gasteiger partial charge in [-0.15, -0.1) is 0 Å². The van der Waals surface area contributed by atoms with Crippen LogP contribution in [0.4, 0.5) is 5.69 Å². The average molecular weight is 323 g/mol. The van der Waals surface area contributed by atoms with E-state index in [0.717, 1.165) is 18.2 Å². The van der Waals surface area contributed by atoms with Crippen LogP contribution < -0.4 is 4.72 Å². The molecule has 0 atom stereocenters. The fraction of sp³-hybridized carbons (Fsp3) is 0.300. The van der Waals surface area contributed by atoms with Gasteiger partial charge in [0.05, 0.1) is 9.82 Å². The summed E-state index contributed by atoms with van der Waals surface area (Å²) < 4.78 is 25.8. The second-order valence-corrected chi connectivity index (χ2v) is 5.94. The van der Waals surface area contributed by atoms with Gasteiger partial charge in [0.25, 0.3) is 5.69 Å². The molecule has 10 heteroatoms. The standard InChI is InChI=1S/C10H11ClN2O6S/c11-8-4-3-7(6-9(8)13(16)17)20(18,19)12-5-1-2-10(14)15/h3-4,6,12H,1-2,5H2,(H,14,15). The van der Waals surface area contributed by atoms with Crippen LogP contribution in [0.15, 0.2) is 23.1 Å². The zero-order chi connectivity index (χ0) is 15.3. The molecule has 0 aliphatic rings. The Morgan fingerprint density at radius 2 is 2.10 bits per heavy atom. The molecule has 20 heavy (non-hydrogen) atoms. The number of carbonyl (C=O) groups is 1. The van der Waals surface area contributed by atoms with Crippen molar-refractivity contribution in [1.29, 1.82) is 0 Å². The third-order valence-electron chi connectivity index (χ3n) is 2.28. The summed E-state index contributed by atoms with van der Waals surface area (Å²) in [6, 6.07) is 3.10. The van der Waals surface area contributed by atoms with Crippen molar-refractivity contribution in [2.75, 3.05) is 6.54 Å². The minimum Gasteiger partial charge on any atom is -0.481 e. The zero-order valence-electron chi connectivity index (χ0n) is 10.1. The molecule has 0 aliphatic carbocycles. The molecule has 0 aromatic heterocycles. The number of benzene rings is 1. The molecule has 0 fully saturated rings. The van der Waals surface area contributed by atoms with Gasteiger partial charge in [0.1, 0.15) is 5.02 Å². The lowest BCUT2D eigenvalue weighted by atomic mass is 10.3.